The highest BCUT2D eigenvalue weighted by Crippen LogP contribution is 2.33. The standard InChI is InChI=1S/C15H18FN3O2/c1-20-15(5-7-17-8-6-15)14-18-13(19-21-14)10-11-3-2-4-12(16)9-11/h2-4,9,17H,5-8,10H2,1H3. The Morgan fingerprint density at radius 3 is 2.90 bits per heavy atom. The fourth-order valence-corrected chi connectivity index (χ4v) is 2.68. The van der Waals surface area contributed by atoms with Crippen LogP contribution in [0.1, 0.15) is 30.1 Å². The molecule has 1 fully saturated rings. The zero-order chi connectivity index (χ0) is 14.7. The van der Waals surface area contributed by atoms with Gasteiger partial charge in [0.05, 0.1) is 0 Å². The van der Waals surface area contributed by atoms with E-state index in [1.807, 2.05) is 6.07 Å². The van der Waals surface area contributed by atoms with Gasteiger partial charge in [0.15, 0.2) is 5.82 Å². The summed E-state index contributed by atoms with van der Waals surface area (Å²) in [4.78, 5) is 4.45. The summed E-state index contributed by atoms with van der Waals surface area (Å²) < 4.78 is 24.2. The molecule has 1 aromatic carbocycles. The fourth-order valence-electron chi connectivity index (χ4n) is 2.68. The summed E-state index contributed by atoms with van der Waals surface area (Å²) in [5.41, 5.74) is 0.317. The number of benzene rings is 1. The first kappa shape index (κ1) is 14.2. The molecule has 0 spiro atoms. The van der Waals surface area contributed by atoms with Crippen LogP contribution in [0.5, 0.6) is 0 Å². The monoisotopic (exact) mass is 291 g/mol. The predicted molar refractivity (Wildman–Crippen MR) is 74.3 cm³/mol. The van der Waals surface area contributed by atoms with Crippen LogP contribution in [0.3, 0.4) is 0 Å². The van der Waals surface area contributed by atoms with Crippen LogP contribution < -0.4 is 5.32 Å². The number of rotatable bonds is 4. The van der Waals surface area contributed by atoms with Crippen LogP contribution in [0.4, 0.5) is 4.39 Å². The van der Waals surface area contributed by atoms with Gasteiger partial charge >= 0.3 is 0 Å². The lowest BCUT2D eigenvalue weighted by atomic mass is 9.92. The first-order valence-corrected chi connectivity index (χ1v) is 7.05. The van der Waals surface area contributed by atoms with Crippen molar-refractivity contribution in [2.45, 2.75) is 24.9 Å². The first-order chi connectivity index (χ1) is 10.2. The summed E-state index contributed by atoms with van der Waals surface area (Å²) in [7, 11) is 1.67. The second-order valence-corrected chi connectivity index (χ2v) is 5.27. The zero-order valence-corrected chi connectivity index (χ0v) is 11.9. The van der Waals surface area contributed by atoms with Crippen molar-refractivity contribution in [2.75, 3.05) is 20.2 Å². The van der Waals surface area contributed by atoms with Crippen LogP contribution in [0.2, 0.25) is 0 Å². The van der Waals surface area contributed by atoms with Gasteiger partial charge in [-0.3, -0.25) is 0 Å². The molecule has 0 saturated carbocycles. The van der Waals surface area contributed by atoms with Crippen molar-refractivity contribution in [1.29, 1.82) is 0 Å². The third kappa shape index (κ3) is 2.96. The van der Waals surface area contributed by atoms with Gasteiger partial charge in [0.1, 0.15) is 11.4 Å². The number of hydrogen-bond donors (Lipinski definition) is 1. The van der Waals surface area contributed by atoms with E-state index in [4.69, 9.17) is 9.26 Å². The Morgan fingerprint density at radius 2 is 2.19 bits per heavy atom. The minimum atomic E-state index is -0.502. The van der Waals surface area contributed by atoms with Crippen molar-refractivity contribution >= 4 is 0 Å². The molecule has 1 N–H and O–H groups in total. The number of ether oxygens (including phenoxy) is 1. The van der Waals surface area contributed by atoms with Crippen LogP contribution in [0.15, 0.2) is 28.8 Å². The third-order valence-corrected chi connectivity index (χ3v) is 3.91. The van der Waals surface area contributed by atoms with Crippen LogP contribution in [-0.4, -0.2) is 30.3 Å². The highest BCUT2D eigenvalue weighted by Gasteiger charge is 2.39. The van der Waals surface area contributed by atoms with E-state index in [9.17, 15) is 4.39 Å². The molecule has 1 aliphatic heterocycles. The van der Waals surface area contributed by atoms with E-state index in [-0.39, 0.29) is 5.82 Å². The maximum absolute atomic E-state index is 13.2. The van der Waals surface area contributed by atoms with Crippen molar-refractivity contribution in [1.82, 2.24) is 15.5 Å². The number of nitrogens with one attached hydrogen (secondary N) is 1. The number of piperidine rings is 1. The minimum absolute atomic E-state index is 0.261. The summed E-state index contributed by atoms with van der Waals surface area (Å²) in [5.74, 6) is 0.798. The lowest BCUT2D eigenvalue weighted by molar-refractivity contribution is -0.0622. The van der Waals surface area contributed by atoms with Crippen molar-refractivity contribution in [3.05, 3.63) is 47.4 Å². The summed E-state index contributed by atoms with van der Waals surface area (Å²) in [6.45, 7) is 1.71. The second kappa shape index (κ2) is 5.91. The van der Waals surface area contributed by atoms with Gasteiger partial charge in [0, 0.05) is 13.5 Å². The minimum Gasteiger partial charge on any atom is -0.368 e. The number of aromatic nitrogens is 2. The lowest BCUT2D eigenvalue weighted by Gasteiger charge is -2.32. The Bertz CT molecular complexity index is 608. The zero-order valence-electron chi connectivity index (χ0n) is 11.9. The molecule has 0 atom stereocenters. The molecule has 3 rings (SSSR count). The van der Waals surface area contributed by atoms with E-state index in [0.29, 0.717) is 18.1 Å². The molecule has 0 aliphatic carbocycles. The van der Waals surface area contributed by atoms with Crippen LogP contribution >= 0.6 is 0 Å². The van der Waals surface area contributed by atoms with E-state index in [1.54, 1.807) is 13.2 Å². The average molecular weight is 291 g/mol. The van der Waals surface area contributed by atoms with Crippen molar-refractivity contribution in [3.63, 3.8) is 0 Å². The Morgan fingerprint density at radius 1 is 1.38 bits per heavy atom. The second-order valence-electron chi connectivity index (χ2n) is 5.27. The van der Waals surface area contributed by atoms with Gasteiger partial charge in [0.25, 0.3) is 5.89 Å². The SMILES string of the molecule is COC1(c2nc(Cc3cccc(F)c3)no2)CCNCC1. The number of halogens is 1. The van der Waals surface area contributed by atoms with E-state index in [1.165, 1.54) is 12.1 Å². The number of methoxy groups -OCH3 is 1. The Kier molecular flexibility index (Phi) is 3.98. The Balaban J connectivity index is 1.79. The molecule has 0 radical (unpaired) electrons. The normalized spacial score (nSPS) is 17.8. The quantitative estimate of drug-likeness (QED) is 0.934. The molecule has 1 saturated heterocycles. The fraction of sp³-hybridized carbons (Fsp3) is 0.467. The van der Waals surface area contributed by atoms with Crippen molar-refractivity contribution < 1.29 is 13.7 Å². The highest BCUT2D eigenvalue weighted by atomic mass is 19.1. The summed E-state index contributed by atoms with van der Waals surface area (Å²) >= 11 is 0. The molecule has 2 heterocycles. The molecule has 6 heteroatoms. The van der Waals surface area contributed by atoms with Gasteiger partial charge in [-0.1, -0.05) is 17.3 Å². The van der Waals surface area contributed by atoms with Gasteiger partial charge in [-0.2, -0.15) is 4.98 Å². The summed E-state index contributed by atoms with van der Waals surface area (Å²) in [6, 6.07) is 6.41. The maximum atomic E-state index is 13.2. The largest absolute Gasteiger partial charge is 0.368 e. The molecule has 1 aromatic heterocycles. The third-order valence-electron chi connectivity index (χ3n) is 3.91. The van der Waals surface area contributed by atoms with E-state index in [0.717, 1.165) is 31.5 Å². The van der Waals surface area contributed by atoms with E-state index in [2.05, 4.69) is 15.5 Å². The molecule has 1 aliphatic rings. The van der Waals surface area contributed by atoms with Crippen molar-refractivity contribution in [3.8, 4) is 0 Å². The smallest absolute Gasteiger partial charge is 0.258 e. The van der Waals surface area contributed by atoms with E-state index < -0.39 is 5.60 Å². The molecular formula is C15H18FN3O2. The molecular weight excluding hydrogens is 273 g/mol. The van der Waals surface area contributed by atoms with Gasteiger partial charge < -0.3 is 14.6 Å². The maximum Gasteiger partial charge on any atom is 0.258 e. The van der Waals surface area contributed by atoms with Crippen molar-refractivity contribution in [2.24, 2.45) is 0 Å². The Labute approximate surface area is 122 Å². The van der Waals surface area contributed by atoms with Crippen LogP contribution in [0, 0.1) is 5.82 Å². The molecule has 2 aromatic rings. The first-order valence-electron chi connectivity index (χ1n) is 7.05. The van der Waals surface area contributed by atoms with Gasteiger partial charge in [-0.15, -0.1) is 0 Å². The molecule has 0 unspecified atom stereocenters. The molecule has 5 nitrogen and oxygen atoms in total. The summed E-state index contributed by atoms with van der Waals surface area (Å²) in [5, 5.41) is 7.29. The number of nitrogens with zero attached hydrogens (tertiary/aromatic N) is 2. The van der Waals surface area contributed by atoms with Gasteiger partial charge in [0.2, 0.25) is 0 Å². The van der Waals surface area contributed by atoms with Crippen LogP contribution in [-0.2, 0) is 16.8 Å². The molecule has 0 bridgehead atoms. The molecule has 0 amide bonds. The lowest BCUT2D eigenvalue weighted by Crippen LogP contribution is -2.41. The molecule has 112 valence electrons. The van der Waals surface area contributed by atoms with Gasteiger partial charge in [-0.25, -0.2) is 4.39 Å². The Hall–Kier alpha value is -1.79. The molecule has 21 heavy (non-hydrogen) atoms. The van der Waals surface area contributed by atoms with E-state index >= 15 is 0 Å². The van der Waals surface area contributed by atoms with Gasteiger partial charge in [-0.05, 0) is 43.6 Å². The average Bonchev–Trinajstić information content (AvgIpc) is 2.97. The highest BCUT2D eigenvalue weighted by molar-refractivity contribution is 5.20. The summed E-state index contributed by atoms with van der Waals surface area (Å²) in [6.07, 6.45) is 2.04. The number of hydrogen-bond acceptors (Lipinski definition) is 5. The topological polar surface area (TPSA) is 60.2 Å². The predicted octanol–water partition coefficient (Wildman–Crippen LogP) is 2.02. The van der Waals surface area contributed by atoms with Crippen LogP contribution in [0.25, 0.3) is 0 Å².